The Kier molecular flexibility index (Phi) is 31.1. The van der Waals surface area contributed by atoms with Crippen LogP contribution in [0.5, 0.6) is 0 Å². The van der Waals surface area contributed by atoms with E-state index in [0.717, 1.165) is 64.2 Å². The predicted octanol–water partition coefficient (Wildman–Crippen LogP) is 6.64. The molecule has 1 saturated carbocycles. The molecule has 1 fully saturated rings. The molecule has 0 radical (unpaired) electrons. The van der Waals surface area contributed by atoms with Gasteiger partial charge in [0, 0.05) is 0 Å². The van der Waals surface area contributed by atoms with Crippen molar-refractivity contribution in [2.24, 2.45) is 0 Å². The van der Waals surface area contributed by atoms with Gasteiger partial charge in [-0.1, -0.05) is 161 Å². The second-order valence-electron chi connectivity index (χ2n) is 16.1. The molecular formula is C42H82NO12P. The highest BCUT2D eigenvalue weighted by atomic mass is 31.2. The Labute approximate surface area is 338 Å². The van der Waals surface area contributed by atoms with Crippen molar-refractivity contribution >= 4 is 13.7 Å². The predicted molar refractivity (Wildman–Crippen MR) is 220 cm³/mol. The van der Waals surface area contributed by atoms with Gasteiger partial charge in [-0.25, -0.2) is 4.57 Å². The molecule has 8 unspecified atom stereocenters. The van der Waals surface area contributed by atoms with E-state index in [0.29, 0.717) is 12.8 Å². The molecule has 0 saturated heterocycles. The topological polar surface area (TPSA) is 226 Å². The molecule has 13 nitrogen and oxygen atoms in total. The standard InChI is InChI=1S/C42H82NO12P/c1-3-5-7-9-11-13-14-15-16-17-18-19-20-21-22-24-26-28-30-35(45)34(43-36(46)31-33(44)29-27-25-23-12-10-8-6-4-2)32-54-56(52,53)55-42-40(50)38(48)37(47)39(49)41(42)51/h10,12,33-35,37-42,44-45,47-51H,3-9,11,13-32H2,1-2H3,(H,43,46)(H,52,53)/b12-10-. The fourth-order valence-corrected chi connectivity index (χ4v) is 8.13. The lowest BCUT2D eigenvalue weighted by Gasteiger charge is -2.41. The van der Waals surface area contributed by atoms with Crippen LogP contribution in [0.2, 0.25) is 0 Å². The number of aliphatic hydroxyl groups excluding tert-OH is 7. The first-order valence-corrected chi connectivity index (χ1v) is 23.7. The number of phosphoric ester groups is 1. The first-order valence-electron chi connectivity index (χ1n) is 22.2. The second kappa shape index (κ2) is 32.8. The third kappa shape index (κ3) is 24.8. The smallest absolute Gasteiger partial charge is 0.393 e. The summed E-state index contributed by atoms with van der Waals surface area (Å²) in [6.07, 6.45) is 18.6. The third-order valence-electron chi connectivity index (χ3n) is 10.9. The van der Waals surface area contributed by atoms with Gasteiger partial charge in [0.15, 0.2) is 0 Å². The van der Waals surface area contributed by atoms with Crippen LogP contribution in [-0.4, -0.2) is 108 Å². The monoisotopic (exact) mass is 824 g/mol. The second-order valence-corrected chi connectivity index (χ2v) is 17.5. The minimum Gasteiger partial charge on any atom is -0.393 e. The maximum Gasteiger partial charge on any atom is 0.472 e. The molecule has 1 aliphatic carbocycles. The van der Waals surface area contributed by atoms with Crippen molar-refractivity contribution in [2.45, 2.75) is 242 Å². The fourth-order valence-electron chi connectivity index (χ4n) is 7.17. The van der Waals surface area contributed by atoms with E-state index in [2.05, 4.69) is 31.3 Å². The van der Waals surface area contributed by atoms with Crippen LogP contribution in [0.3, 0.4) is 0 Å². The summed E-state index contributed by atoms with van der Waals surface area (Å²) in [6, 6.07) is -1.16. The average molecular weight is 824 g/mol. The van der Waals surface area contributed by atoms with Crippen LogP contribution in [0.4, 0.5) is 0 Å². The first-order chi connectivity index (χ1) is 26.8. The summed E-state index contributed by atoms with van der Waals surface area (Å²) in [5, 5.41) is 74.3. The number of unbranched alkanes of at least 4 members (excludes halogenated alkanes) is 21. The Balaban J connectivity index is 2.52. The number of hydrogen-bond acceptors (Lipinski definition) is 11. The van der Waals surface area contributed by atoms with Crippen LogP contribution in [0.15, 0.2) is 12.2 Å². The summed E-state index contributed by atoms with van der Waals surface area (Å²) >= 11 is 0. The van der Waals surface area contributed by atoms with Crippen LogP contribution in [0.1, 0.15) is 187 Å². The average Bonchev–Trinajstić information content (AvgIpc) is 3.17. The zero-order chi connectivity index (χ0) is 41.6. The van der Waals surface area contributed by atoms with E-state index >= 15 is 0 Å². The van der Waals surface area contributed by atoms with Crippen molar-refractivity contribution in [3.05, 3.63) is 12.2 Å². The normalized spacial score (nSPS) is 24.2. The van der Waals surface area contributed by atoms with Crippen molar-refractivity contribution in [2.75, 3.05) is 6.61 Å². The molecule has 0 aromatic heterocycles. The van der Waals surface area contributed by atoms with Gasteiger partial charge in [0.25, 0.3) is 0 Å². The van der Waals surface area contributed by atoms with E-state index in [-0.39, 0.29) is 12.8 Å². The molecule has 0 aromatic rings. The SMILES string of the molecule is CCCC/C=C\CCCCC(O)CC(=O)NC(COP(=O)(O)OC1C(O)C(O)C(O)C(O)C1O)C(O)CCCCCCCCCCCCCCCCCCCC. The van der Waals surface area contributed by atoms with Gasteiger partial charge in [0.2, 0.25) is 5.91 Å². The molecule has 1 aliphatic rings. The third-order valence-corrected chi connectivity index (χ3v) is 11.9. The highest BCUT2D eigenvalue weighted by Gasteiger charge is 2.51. The highest BCUT2D eigenvalue weighted by molar-refractivity contribution is 7.47. The Morgan fingerprint density at radius 2 is 1.02 bits per heavy atom. The number of carbonyl (C=O) groups excluding carboxylic acids is 1. The number of rotatable bonds is 36. The van der Waals surface area contributed by atoms with Crippen molar-refractivity contribution in [1.82, 2.24) is 5.32 Å². The summed E-state index contributed by atoms with van der Waals surface area (Å²) in [4.78, 5) is 23.3. The molecule has 56 heavy (non-hydrogen) atoms. The van der Waals surface area contributed by atoms with Crippen LogP contribution >= 0.6 is 7.82 Å². The number of nitrogens with one attached hydrogen (secondary N) is 1. The van der Waals surface area contributed by atoms with Gasteiger partial charge in [-0.05, 0) is 32.1 Å². The van der Waals surface area contributed by atoms with E-state index in [9.17, 15) is 50.0 Å². The number of hydrogen-bond donors (Lipinski definition) is 9. The Hall–Kier alpha value is -0.960. The van der Waals surface area contributed by atoms with Crippen LogP contribution in [0, 0.1) is 0 Å². The van der Waals surface area contributed by atoms with E-state index in [1.54, 1.807) is 0 Å². The molecule has 1 rings (SSSR count). The maximum atomic E-state index is 12.9. The van der Waals surface area contributed by atoms with Gasteiger partial charge in [-0.2, -0.15) is 0 Å². The zero-order valence-electron chi connectivity index (χ0n) is 34.8. The van der Waals surface area contributed by atoms with Gasteiger partial charge in [0.1, 0.15) is 36.6 Å². The van der Waals surface area contributed by atoms with Gasteiger partial charge in [0.05, 0.1) is 31.3 Å². The van der Waals surface area contributed by atoms with Crippen molar-refractivity contribution in [3.63, 3.8) is 0 Å². The molecule has 0 spiro atoms. The number of phosphoric acid groups is 1. The van der Waals surface area contributed by atoms with E-state index in [4.69, 9.17) is 9.05 Å². The van der Waals surface area contributed by atoms with Crippen LogP contribution in [0.25, 0.3) is 0 Å². The van der Waals surface area contributed by atoms with Crippen LogP contribution < -0.4 is 5.32 Å². The molecule has 0 aromatic carbocycles. The Bertz CT molecular complexity index is 1020. The van der Waals surface area contributed by atoms with Gasteiger partial charge >= 0.3 is 7.82 Å². The number of allylic oxidation sites excluding steroid dienone is 2. The largest absolute Gasteiger partial charge is 0.472 e. The van der Waals surface area contributed by atoms with Gasteiger partial charge in [-0.15, -0.1) is 0 Å². The maximum absolute atomic E-state index is 12.9. The van der Waals surface area contributed by atoms with Gasteiger partial charge in [-0.3, -0.25) is 13.8 Å². The van der Waals surface area contributed by atoms with E-state index in [1.807, 2.05) is 0 Å². The molecule has 14 heteroatoms. The van der Waals surface area contributed by atoms with E-state index < -0.39 is 75.2 Å². The van der Waals surface area contributed by atoms with Crippen LogP contribution in [-0.2, 0) is 18.4 Å². The summed E-state index contributed by atoms with van der Waals surface area (Å²) in [6.45, 7) is 3.71. The van der Waals surface area contributed by atoms with Crippen molar-refractivity contribution in [3.8, 4) is 0 Å². The molecule has 0 aliphatic heterocycles. The van der Waals surface area contributed by atoms with Crippen molar-refractivity contribution in [1.29, 1.82) is 0 Å². The first kappa shape index (κ1) is 53.1. The lowest BCUT2D eigenvalue weighted by molar-refractivity contribution is -0.220. The fraction of sp³-hybridized carbons (Fsp3) is 0.929. The number of amides is 1. The molecule has 8 atom stereocenters. The quantitative estimate of drug-likeness (QED) is 0.0184. The number of carbonyl (C=O) groups is 1. The molecular weight excluding hydrogens is 741 g/mol. The molecule has 9 N–H and O–H groups in total. The summed E-state index contributed by atoms with van der Waals surface area (Å²) < 4.78 is 22.8. The molecule has 1 amide bonds. The molecule has 0 heterocycles. The lowest BCUT2D eigenvalue weighted by Crippen LogP contribution is -2.64. The highest BCUT2D eigenvalue weighted by Crippen LogP contribution is 2.47. The zero-order valence-corrected chi connectivity index (χ0v) is 35.7. The minimum absolute atomic E-state index is 0.236. The summed E-state index contributed by atoms with van der Waals surface area (Å²) in [5.74, 6) is -0.575. The van der Waals surface area contributed by atoms with Crippen molar-refractivity contribution < 1.29 is 59.0 Å². The Morgan fingerprint density at radius 1 is 0.607 bits per heavy atom. The lowest BCUT2D eigenvalue weighted by atomic mass is 9.85. The molecule has 332 valence electrons. The summed E-state index contributed by atoms with van der Waals surface area (Å²) in [5.41, 5.74) is 0. The molecule has 0 bridgehead atoms. The summed E-state index contributed by atoms with van der Waals surface area (Å²) in [7, 11) is -5.11. The minimum atomic E-state index is -5.11. The van der Waals surface area contributed by atoms with E-state index in [1.165, 1.54) is 83.5 Å². The van der Waals surface area contributed by atoms with Gasteiger partial charge < -0.3 is 46.0 Å². The number of aliphatic hydroxyl groups is 7. The Morgan fingerprint density at radius 3 is 1.50 bits per heavy atom.